The monoisotopic (exact) mass is 450 g/mol. The van der Waals surface area contributed by atoms with Crippen molar-refractivity contribution in [1.29, 1.82) is 0 Å². The van der Waals surface area contributed by atoms with Crippen molar-refractivity contribution in [3.8, 4) is 11.5 Å². The van der Waals surface area contributed by atoms with Crippen LogP contribution in [0.3, 0.4) is 0 Å². The molecule has 4 atom stereocenters. The molecule has 2 aliphatic rings. The molecule has 31 heavy (non-hydrogen) atoms. The van der Waals surface area contributed by atoms with Crippen LogP contribution >= 0.6 is 11.6 Å². The number of aliphatic hydroxyl groups excluding tert-OH is 2. The van der Waals surface area contributed by atoms with Gasteiger partial charge in [0.15, 0.2) is 17.3 Å². The second-order valence-corrected chi connectivity index (χ2v) is 8.75. The van der Waals surface area contributed by atoms with E-state index >= 15 is 0 Å². The Hall–Kier alpha value is -1.87. The van der Waals surface area contributed by atoms with E-state index in [2.05, 4.69) is 0 Å². The van der Waals surface area contributed by atoms with E-state index in [1.807, 2.05) is 24.3 Å². The summed E-state index contributed by atoms with van der Waals surface area (Å²) in [5.74, 6) is 0.0169. The summed E-state index contributed by atoms with van der Waals surface area (Å²) in [6.45, 7) is 4.08. The summed E-state index contributed by atoms with van der Waals surface area (Å²) in [6, 6.07) is 11.0. The van der Waals surface area contributed by atoms with Gasteiger partial charge in [-0.05, 0) is 55.2 Å². The Morgan fingerprint density at radius 1 is 1.13 bits per heavy atom. The predicted octanol–water partition coefficient (Wildman–Crippen LogP) is 2.61. The molecule has 1 fully saturated rings. The number of rotatable bonds is 6. The van der Waals surface area contributed by atoms with E-state index in [0.717, 1.165) is 16.9 Å². The zero-order valence-corrected chi connectivity index (χ0v) is 18.2. The number of ether oxygens (including phenoxy) is 4. The van der Waals surface area contributed by atoms with Gasteiger partial charge >= 0.3 is 0 Å². The summed E-state index contributed by atoms with van der Waals surface area (Å²) in [5.41, 5.74) is 2.39. The summed E-state index contributed by atoms with van der Waals surface area (Å²) in [4.78, 5) is 0. The fourth-order valence-corrected chi connectivity index (χ4v) is 4.07. The number of hydrogen-bond donors (Lipinski definition) is 3. The predicted molar refractivity (Wildman–Crippen MR) is 114 cm³/mol. The molecule has 0 aliphatic carbocycles. The molecule has 0 radical (unpaired) electrons. The van der Waals surface area contributed by atoms with Crippen molar-refractivity contribution in [2.24, 2.45) is 0 Å². The quantitative estimate of drug-likeness (QED) is 0.582. The van der Waals surface area contributed by atoms with Crippen LogP contribution in [-0.2, 0) is 15.9 Å². The fraction of sp³-hybridized carbons (Fsp3) is 0.478. The van der Waals surface area contributed by atoms with Crippen molar-refractivity contribution in [2.45, 2.75) is 50.5 Å². The van der Waals surface area contributed by atoms with Crippen LogP contribution in [0.15, 0.2) is 36.4 Å². The molecule has 2 aromatic carbocycles. The van der Waals surface area contributed by atoms with Gasteiger partial charge in [-0.3, -0.25) is 0 Å². The Labute approximate surface area is 186 Å². The molecule has 0 aromatic heterocycles. The highest BCUT2D eigenvalue weighted by Crippen LogP contribution is 2.34. The standard InChI is InChI=1S/C23H27ClO7/c1-23(2,27)31-19-12-30-22(21(19)26)20(25)14-4-5-16(24)15(11-14)9-13-3-6-17-18(10-13)29-8-7-28-17/h3-6,10-11,19-22,25-27H,7-9,12H2,1-2H3. The Balaban J connectivity index is 1.50. The number of hydrogen-bond acceptors (Lipinski definition) is 7. The summed E-state index contributed by atoms with van der Waals surface area (Å²) < 4.78 is 22.2. The first-order valence-corrected chi connectivity index (χ1v) is 10.6. The van der Waals surface area contributed by atoms with Crippen molar-refractivity contribution in [3.63, 3.8) is 0 Å². The summed E-state index contributed by atoms with van der Waals surface area (Å²) in [5, 5.41) is 31.8. The van der Waals surface area contributed by atoms with Gasteiger partial charge in [0.2, 0.25) is 0 Å². The molecule has 2 aromatic rings. The van der Waals surface area contributed by atoms with Crippen LogP contribution < -0.4 is 9.47 Å². The Morgan fingerprint density at radius 2 is 1.87 bits per heavy atom. The van der Waals surface area contributed by atoms with Crippen LogP contribution in [0.2, 0.25) is 5.02 Å². The maximum atomic E-state index is 10.9. The zero-order valence-electron chi connectivity index (χ0n) is 17.5. The molecule has 7 nitrogen and oxygen atoms in total. The van der Waals surface area contributed by atoms with Gasteiger partial charge in [0.05, 0.1) is 6.61 Å². The lowest BCUT2D eigenvalue weighted by Gasteiger charge is -2.27. The van der Waals surface area contributed by atoms with Crippen molar-refractivity contribution < 1.29 is 34.3 Å². The Kier molecular flexibility index (Phi) is 6.44. The minimum absolute atomic E-state index is 0.0739. The molecule has 0 amide bonds. The fourth-order valence-electron chi connectivity index (χ4n) is 3.89. The maximum absolute atomic E-state index is 10.9. The molecule has 3 N–H and O–H groups in total. The van der Waals surface area contributed by atoms with Crippen LogP contribution in [0.5, 0.6) is 11.5 Å². The lowest BCUT2D eigenvalue weighted by molar-refractivity contribution is -0.218. The van der Waals surface area contributed by atoms with Gasteiger partial charge in [-0.15, -0.1) is 0 Å². The number of fused-ring (bicyclic) bond motifs is 1. The number of aliphatic hydroxyl groups is 3. The molecule has 4 unspecified atom stereocenters. The van der Waals surface area contributed by atoms with Gasteiger partial charge < -0.3 is 34.3 Å². The van der Waals surface area contributed by atoms with Crippen molar-refractivity contribution in [2.75, 3.05) is 19.8 Å². The van der Waals surface area contributed by atoms with Gasteiger partial charge in [-0.1, -0.05) is 29.8 Å². The molecule has 2 aliphatic heterocycles. The molecule has 0 spiro atoms. The van der Waals surface area contributed by atoms with Crippen LogP contribution in [-0.4, -0.2) is 59.2 Å². The molecular formula is C23H27ClO7. The van der Waals surface area contributed by atoms with Crippen molar-refractivity contribution in [3.05, 3.63) is 58.1 Å². The number of halogens is 1. The first-order chi connectivity index (χ1) is 14.7. The van der Waals surface area contributed by atoms with E-state index in [1.165, 1.54) is 13.8 Å². The lowest BCUT2D eigenvalue weighted by atomic mass is 9.95. The summed E-state index contributed by atoms with van der Waals surface area (Å²) in [6.07, 6.45) is -3.24. The van der Waals surface area contributed by atoms with E-state index < -0.39 is 30.2 Å². The Bertz CT molecular complexity index is 927. The SMILES string of the molecule is CC(C)(O)OC1COC(C(O)c2ccc(Cl)c(Cc3ccc4c(c3)OCCO4)c2)C1O. The second-order valence-electron chi connectivity index (χ2n) is 8.34. The van der Waals surface area contributed by atoms with E-state index in [9.17, 15) is 15.3 Å². The number of benzene rings is 2. The van der Waals surface area contributed by atoms with Crippen LogP contribution in [0.4, 0.5) is 0 Å². The smallest absolute Gasteiger partial charge is 0.161 e. The molecule has 2 heterocycles. The summed E-state index contributed by atoms with van der Waals surface area (Å²) >= 11 is 6.41. The van der Waals surface area contributed by atoms with E-state index in [-0.39, 0.29) is 6.61 Å². The topological polar surface area (TPSA) is 97.6 Å². The molecule has 0 bridgehead atoms. The van der Waals surface area contributed by atoms with Gasteiger partial charge in [-0.2, -0.15) is 0 Å². The highest BCUT2D eigenvalue weighted by atomic mass is 35.5. The Morgan fingerprint density at radius 3 is 2.61 bits per heavy atom. The first-order valence-electron chi connectivity index (χ1n) is 10.3. The average molecular weight is 451 g/mol. The van der Waals surface area contributed by atoms with Crippen molar-refractivity contribution >= 4 is 11.6 Å². The minimum atomic E-state index is -1.41. The van der Waals surface area contributed by atoms with E-state index in [4.69, 9.17) is 30.5 Å². The normalized spacial score (nSPS) is 24.3. The molecular weight excluding hydrogens is 424 g/mol. The maximum Gasteiger partial charge on any atom is 0.161 e. The van der Waals surface area contributed by atoms with E-state index in [0.29, 0.717) is 36.0 Å². The molecule has 8 heteroatoms. The highest BCUT2D eigenvalue weighted by Gasteiger charge is 2.43. The highest BCUT2D eigenvalue weighted by molar-refractivity contribution is 6.31. The van der Waals surface area contributed by atoms with Crippen LogP contribution in [0, 0.1) is 0 Å². The molecule has 168 valence electrons. The zero-order chi connectivity index (χ0) is 22.2. The van der Waals surface area contributed by atoms with Crippen LogP contribution in [0.25, 0.3) is 0 Å². The molecule has 4 rings (SSSR count). The lowest BCUT2D eigenvalue weighted by Crippen LogP contribution is -2.40. The van der Waals surface area contributed by atoms with Gasteiger partial charge in [0.25, 0.3) is 0 Å². The summed E-state index contributed by atoms with van der Waals surface area (Å²) in [7, 11) is 0. The minimum Gasteiger partial charge on any atom is -0.486 e. The van der Waals surface area contributed by atoms with Gasteiger partial charge in [-0.25, -0.2) is 0 Å². The second kappa shape index (κ2) is 8.94. The third-order valence-corrected chi connectivity index (χ3v) is 5.70. The molecule has 0 saturated carbocycles. The first kappa shape index (κ1) is 22.3. The largest absolute Gasteiger partial charge is 0.486 e. The molecule has 1 saturated heterocycles. The third kappa shape index (κ3) is 5.14. The average Bonchev–Trinajstić information content (AvgIpc) is 3.07. The van der Waals surface area contributed by atoms with Crippen molar-refractivity contribution in [1.82, 2.24) is 0 Å². The van der Waals surface area contributed by atoms with Gasteiger partial charge in [0, 0.05) is 5.02 Å². The van der Waals surface area contributed by atoms with Gasteiger partial charge in [0.1, 0.15) is 37.6 Å². The van der Waals surface area contributed by atoms with Crippen LogP contribution in [0.1, 0.15) is 36.6 Å². The van der Waals surface area contributed by atoms with E-state index in [1.54, 1.807) is 12.1 Å². The third-order valence-electron chi connectivity index (χ3n) is 5.33.